The minimum atomic E-state index is -1.05. The first kappa shape index (κ1) is 19.8. The molecule has 2 amide bonds. The molecule has 2 aromatic rings. The number of anilines is 1. The molecular weight excluding hydrogens is 366 g/mol. The Kier molecular flexibility index (Phi) is 5.92. The number of hydrogen-bond acceptors (Lipinski definition) is 3. The first-order chi connectivity index (χ1) is 13.4. The number of rotatable bonds is 6. The normalized spacial score (nSPS) is 17.5. The molecule has 0 aliphatic carbocycles. The van der Waals surface area contributed by atoms with Gasteiger partial charge in [-0.2, -0.15) is 0 Å². The lowest BCUT2D eigenvalue weighted by atomic mass is 10.2. The molecular formula is C21H22F2N2O3. The molecule has 2 atom stereocenters. The summed E-state index contributed by atoms with van der Waals surface area (Å²) in [6.45, 7) is 4.18. The summed E-state index contributed by atoms with van der Waals surface area (Å²) in [5, 5.41) is 0. The highest BCUT2D eigenvalue weighted by Gasteiger charge is 2.39. The number of carbonyl (C=O) groups excluding carboxylic acids is 2. The number of ether oxygens (including phenoxy) is 1. The molecule has 2 unspecified atom stereocenters. The first-order valence-corrected chi connectivity index (χ1v) is 9.21. The Hall–Kier alpha value is -2.96. The number of hydrogen-bond donors (Lipinski definition) is 0. The quantitative estimate of drug-likeness (QED) is 0.762. The number of likely N-dealkylation sites (N-methyl/N-ethyl adjacent to an activating group) is 1. The molecule has 1 fully saturated rings. The fourth-order valence-corrected chi connectivity index (χ4v) is 3.39. The van der Waals surface area contributed by atoms with Crippen molar-refractivity contribution in [1.82, 2.24) is 4.90 Å². The Balaban J connectivity index is 1.70. The van der Waals surface area contributed by atoms with Crippen LogP contribution in [0.1, 0.15) is 20.3 Å². The molecule has 0 aromatic heterocycles. The largest absolute Gasteiger partial charge is 0.481 e. The summed E-state index contributed by atoms with van der Waals surface area (Å²) >= 11 is 0. The van der Waals surface area contributed by atoms with Gasteiger partial charge in [0.25, 0.3) is 5.91 Å². The van der Waals surface area contributed by atoms with Gasteiger partial charge in [0.1, 0.15) is 11.8 Å². The van der Waals surface area contributed by atoms with Crippen molar-refractivity contribution in [1.29, 1.82) is 0 Å². The summed E-state index contributed by atoms with van der Waals surface area (Å²) in [6.07, 6.45) is -0.422. The van der Waals surface area contributed by atoms with Gasteiger partial charge in [0, 0.05) is 24.8 Å². The number of amides is 2. The summed E-state index contributed by atoms with van der Waals surface area (Å²) in [4.78, 5) is 28.9. The molecule has 0 N–H and O–H groups in total. The molecule has 1 heterocycles. The minimum Gasteiger partial charge on any atom is -0.481 e. The van der Waals surface area contributed by atoms with E-state index in [1.165, 1.54) is 17.9 Å². The highest BCUT2D eigenvalue weighted by molar-refractivity contribution is 6.01. The van der Waals surface area contributed by atoms with Crippen molar-refractivity contribution < 1.29 is 23.1 Å². The number of nitrogens with zero attached hydrogens (tertiary/aromatic N) is 2. The molecule has 28 heavy (non-hydrogen) atoms. The second kappa shape index (κ2) is 8.37. The van der Waals surface area contributed by atoms with Crippen LogP contribution >= 0.6 is 0 Å². The standard InChI is InChI=1S/C21H22F2N2O3/c1-3-24(19-11-12-25(21(19)27)15-7-5-4-6-8-15)20(26)14(2)28-16-9-10-17(22)18(23)13-16/h4-10,13-14,19H,3,11-12H2,1-2H3. The van der Waals surface area contributed by atoms with E-state index in [9.17, 15) is 18.4 Å². The van der Waals surface area contributed by atoms with Crippen LogP contribution in [0.3, 0.4) is 0 Å². The highest BCUT2D eigenvalue weighted by atomic mass is 19.2. The maximum Gasteiger partial charge on any atom is 0.264 e. The number of para-hydroxylation sites is 1. The van der Waals surface area contributed by atoms with E-state index in [4.69, 9.17) is 4.74 Å². The molecule has 0 spiro atoms. The third-order valence-electron chi connectivity index (χ3n) is 4.80. The summed E-state index contributed by atoms with van der Waals surface area (Å²) in [5.74, 6) is -2.49. The minimum absolute atomic E-state index is 0.0551. The van der Waals surface area contributed by atoms with Crippen molar-refractivity contribution in [2.75, 3.05) is 18.0 Å². The molecule has 0 bridgehead atoms. The summed E-state index contributed by atoms with van der Waals surface area (Å²) in [7, 11) is 0. The van der Waals surface area contributed by atoms with Gasteiger partial charge < -0.3 is 14.5 Å². The van der Waals surface area contributed by atoms with E-state index in [0.29, 0.717) is 19.5 Å². The summed E-state index contributed by atoms with van der Waals surface area (Å²) in [5.41, 5.74) is 0.796. The van der Waals surface area contributed by atoms with Crippen LogP contribution in [-0.2, 0) is 9.59 Å². The SMILES string of the molecule is CCN(C(=O)C(C)Oc1ccc(F)c(F)c1)C1CCN(c2ccccc2)C1=O. The predicted molar refractivity (Wildman–Crippen MR) is 101 cm³/mol. The van der Waals surface area contributed by atoms with Crippen molar-refractivity contribution in [3.05, 3.63) is 60.2 Å². The van der Waals surface area contributed by atoms with Crippen LogP contribution in [0.5, 0.6) is 5.75 Å². The van der Waals surface area contributed by atoms with Crippen LogP contribution in [0.25, 0.3) is 0 Å². The second-order valence-corrected chi connectivity index (χ2v) is 6.59. The van der Waals surface area contributed by atoms with Crippen LogP contribution in [0.2, 0.25) is 0 Å². The molecule has 0 saturated carbocycles. The van der Waals surface area contributed by atoms with Gasteiger partial charge in [-0.15, -0.1) is 0 Å². The topological polar surface area (TPSA) is 49.9 Å². The molecule has 3 rings (SSSR count). The Labute approximate surface area is 162 Å². The van der Waals surface area contributed by atoms with Gasteiger partial charge in [0.15, 0.2) is 17.7 Å². The Morgan fingerprint density at radius 3 is 2.57 bits per heavy atom. The van der Waals surface area contributed by atoms with Crippen LogP contribution < -0.4 is 9.64 Å². The lowest BCUT2D eigenvalue weighted by molar-refractivity contribution is -0.143. The first-order valence-electron chi connectivity index (χ1n) is 9.21. The lowest BCUT2D eigenvalue weighted by Gasteiger charge is -2.29. The van der Waals surface area contributed by atoms with Crippen molar-refractivity contribution in [2.24, 2.45) is 0 Å². The number of halogens is 2. The summed E-state index contributed by atoms with van der Waals surface area (Å²) in [6, 6.07) is 11.8. The van der Waals surface area contributed by atoms with Crippen LogP contribution in [0, 0.1) is 11.6 Å². The zero-order valence-corrected chi connectivity index (χ0v) is 15.8. The summed E-state index contributed by atoms with van der Waals surface area (Å²) < 4.78 is 31.9. The van der Waals surface area contributed by atoms with E-state index >= 15 is 0 Å². The van der Waals surface area contributed by atoms with Crippen LogP contribution in [0.15, 0.2) is 48.5 Å². The highest BCUT2D eigenvalue weighted by Crippen LogP contribution is 2.25. The monoisotopic (exact) mass is 388 g/mol. The zero-order chi connectivity index (χ0) is 20.3. The van der Waals surface area contributed by atoms with Crippen molar-refractivity contribution in [2.45, 2.75) is 32.4 Å². The lowest BCUT2D eigenvalue weighted by Crippen LogP contribution is -2.49. The van der Waals surface area contributed by atoms with Gasteiger partial charge in [-0.05, 0) is 44.5 Å². The van der Waals surface area contributed by atoms with E-state index in [1.807, 2.05) is 30.3 Å². The van der Waals surface area contributed by atoms with E-state index in [0.717, 1.165) is 17.8 Å². The third-order valence-corrected chi connectivity index (χ3v) is 4.80. The average Bonchev–Trinajstić information content (AvgIpc) is 3.07. The molecule has 1 saturated heterocycles. The Bertz CT molecular complexity index is 860. The Morgan fingerprint density at radius 1 is 1.21 bits per heavy atom. The molecule has 148 valence electrons. The van der Waals surface area contributed by atoms with E-state index in [-0.39, 0.29) is 17.6 Å². The van der Waals surface area contributed by atoms with Crippen molar-refractivity contribution in [3.8, 4) is 5.75 Å². The molecule has 5 nitrogen and oxygen atoms in total. The van der Waals surface area contributed by atoms with Crippen molar-refractivity contribution in [3.63, 3.8) is 0 Å². The average molecular weight is 388 g/mol. The van der Waals surface area contributed by atoms with E-state index in [1.54, 1.807) is 11.8 Å². The molecule has 1 aliphatic heterocycles. The zero-order valence-electron chi connectivity index (χ0n) is 15.8. The fourth-order valence-electron chi connectivity index (χ4n) is 3.39. The maximum absolute atomic E-state index is 13.4. The Morgan fingerprint density at radius 2 is 1.93 bits per heavy atom. The van der Waals surface area contributed by atoms with Gasteiger partial charge in [0.2, 0.25) is 5.91 Å². The van der Waals surface area contributed by atoms with Gasteiger partial charge in [-0.1, -0.05) is 18.2 Å². The molecule has 7 heteroatoms. The van der Waals surface area contributed by atoms with E-state index in [2.05, 4.69) is 0 Å². The smallest absolute Gasteiger partial charge is 0.264 e. The second-order valence-electron chi connectivity index (χ2n) is 6.59. The third kappa shape index (κ3) is 3.98. The van der Waals surface area contributed by atoms with Crippen molar-refractivity contribution >= 4 is 17.5 Å². The van der Waals surface area contributed by atoms with Crippen LogP contribution in [0.4, 0.5) is 14.5 Å². The van der Waals surface area contributed by atoms with Gasteiger partial charge in [-0.3, -0.25) is 9.59 Å². The maximum atomic E-state index is 13.4. The van der Waals surface area contributed by atoms with E-state index < -0.39 is 23.8 Å². The van der Waals surface area contributed by atoms with Gasteiger partial charge in [-0.25, -0.2) is 8.78 Å². The molecule has 1 aliphatic rings. The predicted octanol–water partition coefficient (Wildman–Crippen LogP) is 3.39. The van der Waals surface area contributed by atoms with Gasteiger partial charge in [0.05, 0.1) is 0 Å². The fraction of sp³-hybridized carbons (Fsp3) is 0.333. The molecule has 0 radical (unpaired) electrons. The van der Waals surface area contributed by atoms with Gasteiger partial charge >= 0.3 is 0 Å². The number of carbonyl (C=O) groups is 2. The number of benzene rings is 2. The van der Waals surface area contributed by atoms with Crippen LogP contribution in [-0.4, -0.2) is 41.9 Å². The molecule has 2 aromatic carbocycles.